The summed E-state index contributed by atoms with van der Waals surface area (Å²) in [5, 5.41) is 12.1. The lowest BCUT2D eigenvalue weighted by Gasteiger charge is -2.24. The topological polar surface area (TPSA) is 69.6 Å². The second kappa shape index (κ2) is 5.30. The lowest BCUT2D eigenvalue weighted by Crippen LogP contribution is -2.45. The number of rotatable bonds is 4. The zero-order valence-corrected chi connectivity index (χ0v) is 11.0. The fourth-order valence-corrected chi connectivity index (χ4v) is 2.39. The van der Waals surface area contributed by atoms with Gasteiger partial charge in [-0.1, -0.05) is 44.2 Å². The second-order valence-corrected chi connectivity index (χ2v) is 5.12. The normalized spacial score (nSPS) is 22.7. The number of carboxylic acid groups (broad SMARTS) is 1. The van der Waals surface area contributed by atoms with Crippen molar-refractivity contribution in [3.63, 3.8) is 0 Å². The van der Waals surface area contributed by atoms with Crippen LogP contribution in [0.3, 0.4) is 0 Å². The van der Waals surface area contributed by atoms with Crippen LogP contribution in [0.5, 0.6) is 0 Å². The number of nitrogens with one attached hydrogen (secondary N) is 1. The summed E-state index contributed by atoms with van der Waals surface area (Å²) in [6.07, 6.45) is 0. The average Bonchev–Trinajstić information content (AvgIpc) is 2.68. The molecule has 0 aliphatic carbocycles. The summed E-state index contributed by atoms with van der Waals surface area (Å²) in [7, 11) is 0. The zero-order chi connectivity index (χ0) is 14.0. The summed E-state index contributed by atoms with van der Waals surface area (Å²) in [5.74, 6) is -0.890. The van der Waals surface area contributed by atoms with Crippen LogP contribution in [0.15, 0.2) is 30.3 Å². The van der Waals surface area contributed by atoms with E-state index in [0.29, 0.717) is 6.54 Å². The summed E-state index contributed by atoms with van der Waals surface area (Å²) in [4.78, 5) is 24.8. The number of hydrogen-bond donors (Lipinski definition) is 2. The van der Waals surface area contributed by atoms with E-state index >= 15 is 0 Å². The van der Waals surface area contributed by atoms with E-state index < -0.39 is 12.0 Å². The summed E-state index contributed by atoms with van der Waals surface area (Å²) in [5.41, 5.74) is 0.924. The smallest absolute Gasteiger partial charge is 0.328 e. The highest BCUT2D eigenvalue weighted by molar-refractivity contribution is 5.87. The average molecular weight is 262 g/mol. The van der Waals surface area contributed by atoms with E-state index in [1.54, 1.807) is 0 Å². The van der Waals surface area contributed by atoms with Gasteiger partial charge in [0.15, 0.2) is 6.04 Å². The Morgan fingerprint density at radius 2 is 2.00 bits per heavy atom. The molecular formula is C14H18N2O3. The van der Waals surface area contributed by atoms with Crippen LogP contribution in [0.1, 0.15) is 19.4 Å². The van der Waals surface area contributed by atoms with Crippen LogP contribution in [-0.4, -0.2) is 34.1 Å². The Balaban J connectivity index is 2.22. The van der Waals surface area contributed by atoms with Crippen molar-refractivity contribution in [3.05, 3.63) is 35.9 Å². The number of hydrogen-bond acceptors (Lipinski definition) is 2. The van der Waals surface area contributed by atoms with Gasteiger partial charge in [-0.15, -0.1) is 0 Å². The van der Waals surface area contributed by atoms with Crippen molar-refractivity contribution in [1.82, 2.24) is 10.2 Å². The fourth-order valence-electron chi connectivity index (χ4n) is 2.39. The third kappa shape index (κ3) is 2.70. The lowest BCUT2D eigenvalue weighted by molar-refractivity contribution is -0.142. The van der Waals surface area contributed by atoms with Crippen LogP contribution < -0.4 is 5.32 Å². The van der Waals surface area contributed by atoms with Gasteiger partial charge in [0.05, 0.1) is 6.04 Å². The largest absolute Gasteiger partial charge is 0.480 e. The van der Waals surface area contributed by atoms with Crippen LogP contribution in [0.2, 0.25) is 0 Å². The Bertz CT molecular complexity index is 473. The molecule has 5 heteroatoms. The number of carbonyl (C=O) groups excluding carboxylic acids is 1. The molecule has 0 spiro atoms. The number of amides is 2. The van der Waals surface area contributed by atoms with Crippen LogP contribution in [0.25, 0.3) is 0 Å². The van der Waals surface area contributed by atoms with E-state index in [1.165, 1.54) is 4.90 Å². The van der Waals surface area contributed by atoms with E-state index in [-0.39, 0.29) is 18.0 Å². The number of nitrogens with zero attached hydrogens (tertiary/aromatic N) is 1. The van der Waals surface area contributed by atoms with Gasteiger partial charge in [-0.05, 0) is 11.5 Å². The Labute approximate surface area is 112 Å². The lowest BCUT2D eigenvalue weighted by atomic mass is 9.97. The molecule has 102 valence electrons. The monoisotopic (exact) mass is 262 g/mol. The van der Waals surface area contributed by atoms with Crippen molar-refractivity contribution in [2.45, 2.75) is 32.5 Å². The van der Waals surface area contributed by atoms with E-state index in [4.69, 9.17) is 0 Å². The maximum absolute atomic E-state index is 12.0. The molecule has 19 heavy (non-hydrogen) atoms. The molecule has 1 aromatic rings. The van der Waals surface area contributed by atoms with E-state index in [0.717, 1.165) is 5.56 Å². The molecule has 1 heterocycles. The molecule has 0 radical (unpaired) electrons. The predicted octanol–water partition coefficient (Wildman–Crippen LogP) is 1.69. The van der Waals surface area contributed by atoms with Crippen molar-refractivity contribution in [3.8, 4) is 0 Å². The molecule has 0 unspecified atom stereocenters. The van der Waals surface area contributed by atoms with E-state index in [2.05, 4.69) is 5.32 Å². The fraction of sp³-hybridized carbons (Fsp3) is 0.429. The number of aliphatic carboxylic acids is 1. The van der Waals surface area contributed by atoms with Gasteiger partial charge in [0.2, 0.25) is 0 Å². The first-order chi connectivity index (χ1) is 9.00. The van der Waals surface area contributed by atoms with Gasteiger partial charge in [0.25, 0.3) is 0 Å². The molecule has 2 rings (SSSR count). The van der Waals surface area contributed by atoms with Crippen molar-refractivity contribution >= 4 is 12.0 Å². The molecule has 1 saturated heterocycles. The van der Waals surface area contributed by atoms with Gasteiger partial charge in [-0.25, -0.2) is 9.59 Å². The molecule has 1 fully saturated rings. The molecule has 1 aliphatic rings. The number of urea groups is 1. The first kappa shape index (κ1) is 13.4. The SMILES string of the molecule is CC(C)[C@H]1NC(=O)N(Cc2ccccc2)[C@@H]1C(=O)O. The zero-order valence-electron chi connectivity index (χ0n) is 11.0. The molecular weight excluding hydrogens is 244 g/mol. The molecule has 2 amide bonds. The predicted molar refractivity (Wildman–Crippen MR) is 70.6 cm³/mol. The minimum Gasteiger partial charge on any atom is -0.480 e. The summed E-state index contributed by atoms with van der Waals surface area (Å²) >= 11 is 0. The summed E-state index contributed by atoms with van der Waals surface area (Å²) < 4.78 is 0. The molecule has 2 N–H and O–H groups in total. The van der Waals surface area contributed by atoms with Gasteiger partial charge >= 0.3 is 12.0 Å². The Hall–Kier alpha value is -2.04. The van der Waals surface area contributed by atoms with Crippen LogP contribution >= 0.6 is 0 Å². The molecule has 0 bridgehead atoms. The maximum Gasteiger partial charge on any atom is 0.328 e. The Morgan fingerprint density at radius 3 is 2.53 bits per heavy atom. The number of carboxylic acids is 1. The molecule has 0 aromatic heterocycles. The summed E-state index contributed by atoms with van der Waals surface area (Å²) in [6.45, 7) is 4.13. The quantitative estimate of drug-likeness (QED) is 0.867. The van der Waals surface area contributed by atoms with Crippen LogP contribution in [0, 0.1) is 5.92 Å². The van der Waals surface area contributed by atoms with Gasteiger partial charge in [0, 0.05) is 6.54 Å². The number of benzene rings is 1. The molecule has 0 saturated carbocycles. The first-order valence-electron chi connectivity index (χ1n) is 6.34. The van der Waals surface area contributed by atoms with E-state index in [1.807, 2.05) is 44.2 Å². The molecule has 5 nitrogen and oxygen atoms in total. The minimum absolute atomic E-state index is 0.0748. The Kier molecular flexibility index (Phi) is 3.74. The van der Waals surface area contributed by atoms with Crippen molar-refractivity contribution in [1.29, 1.82) is 0 Å². The standard InChI is InChI=1S/C14H18N2O3/c1-9(2)11-12(13(17)18)16(14(19)15-11)8-10-6-4-3-5-7-10/h3-7,9,11-12H,8H2,1-2H3,(H,15,19)(H,17,18)/t11-,12+/m1/s1. The maximum atomic E-state index is 12.0. The van der Waals surface area contributed by atoms with Gasteiger partial charge in [0.1, 0.15) is 0 Å². The minimum atomic E-state index is -0.965. The van der Waals surface area contributed by atoms with Crippen LogP contribution in [-0.2, 0) is 11.3 Å². The van der Waals surface area contributed by atoms with Crippen molar-refractivity contribution in [2.75, 3.05) is 0 Å². The van der Waals surface area contributed by atoms with E-state index in [9.17, 15) is 14.7 Å². The van der Waals surface area contributed by atoms with Crippen molar-refractivity contribution in [2.24, 2.45) is 5.92 Å². The molecule has 2 atom stereocenters. The van der Waals surface area contributed by atoms with Gasteiger partial charge in [-0.2, -0.15) is 0 Å². The third-order valence-corrected chi connectivity index (χ3v) is 3.39. The number of carbonyl (C=O) groups is 2. The Morgan fingerprint density at radius 1 is 1.37 bits per heavy atom. The second-order valence-electron chi connectivity index (χ2n) is 5.12. The highest BCUT2D eigenvalue weighted by Crippen LogP contribution is 2.22. The summed E-state index contributed by atoms with van der Waals surface area (Å²) in [6, 6.07) is 7.93. The molecule has 1 aromatic carbocycles. The molecule has 1 aliphatic heterocycles. The highest BCUT2D eigenvalue weighted by Gasteiger charge is 2.45. The first-order valence-corrected chi connectivity index (χ1v) is 6.34. The van der Waals surface area contributed by atoms with Crippen LogP contribution in [0.4, 0.5) is 4.79 Å². The highest BCUT2D eigenvalue weighted by atomic mass is 16.4. The van der Waals surface area contributed by atoms with Gasteiger partial charge in [-0.3, -0.25) is 0 Å². The van der Waals surface area contributed by atoms with Crippen molar-refractivity contribution < 1.29 is 14.7 Å². The van der Waals surface area contributed by atoms with Gasteiger partial charge < -0.3 is 15.3 Å². The third-order valence-electron chi connectivity index (χ3n) is 3.39.